The lowest BCUT2D eigenvalue weighted by Gasteiger charge is -2.20. The second-order valence-corrected chi connectivity index (χ2v) is 5.86. The Hall–Kier alpha value is 0.0900. The third-order valence-corrected chi connectivity index (χ3v) is 3.49. The summed E-state index contributed by atoms with van der Waals surface area (Å²) in [7, 11) is -3.78. The van der Waals surface area contributed by atoms with Crippen molar-refractivity contribution in [3.63, 3.8) is 0 Å². The minimum absolute atomic E-state index is 0.431. The fourth-order valence-corrected chi connectivity index (χ4v) is 2.32. The zero-order valence-corrected chi connectivity index (χ0v) is 10.3. The SMILES string of the molecule is CC[C@H]1O[C@@H](OS(C)(=O)=O)[C@@](F)(Cl)[C@@H]1C. The predicted octanol–water partition coefficient (Wildman–Crippen LogP) is 1.64. The molecule has 0 unspecified atom stereocenters. The molecule has 1 saturated heterocycles. The van der Waals surface area contributed by atoms with Gasteiger partial charge in [-0.1, -0.05) is 25.4 Å². The van der Waals surface area contributed by atoms with Crippen LogP contribution in [0.5, 0.6) is 0 Å². The molecule has 0 spiro atoms. The predicted molar refractivity (Wildman–Crippen MR) is 53.7 cm³/mol. The first-order valence-electron chi connectivity index (χ1n) is 4.60. The van der Waals surface area contributed by atoms with Crippen molar-refractivity contribution in [2.24, 2.45) is 5.92 Å². The molecule has 1 aliphatic rings. The van der Waals surface area contributed by atoms with Crippen LogP contribution in [0.1, 0.15) is 20.3 Å². The molecule has 0 N–H and O–H groups in total. The summed E-state index contributed by atoms with van der Waals surface area (Å²) in [5.41, 5.74) is 0. The highest BCUT2D eigenvalue weighted by Crippen LogP contribution is 2.44. The fraction of sp³-hybridized carbons (Fsp3) is 1.00. The maximum atomic E-state index is 13.9. The second-order valence-electron chi connectivity index (χ2n) is 3.68. The van der Waals surface area contributed by atoms with Crippen molar-refractivity contribution in [3.8, 4) is 0 Å². The maximum Gasteiger partial charge on any atom is 0.267 e. The van der Waals surface area contributed by atoms with Gasteiger partial charge in [0.05, 0.1) is 12.4 Å². The van der Waals surface area contributed by atoms with E-state index in [0.29, 0.717) is 6.42 Å². The summed E-state index contributed by atoms with van der Waals surface area (Å²) < 4.78 is 45.2. The van der Waals surface area contributed by atoms with Crippen LogP contribution in [0.25, 0.3) is 0 Å². The van der Waals surface area contributed by atoms with Gasteiger partial charge in [-0.15, -0.1) is 0 Å². The largest absolute Gasteiger partial charge is 0.344 e. The van der Waals surface area contributed by atoms with Gasteiger partial charge in [-0.25, -0.2) is 8.57 Å². The van der Waals surface area contributed by atoms with Crippen LogP contribution in [0.4, 0.5) is 4.39 Å². The average molecular weight is 261 g/mol. The van der Waals surface area contributed by atoms with Crippen LogP contribution >= 0.6 is 11.6 Å². The van der Waals surface area contributed by atoms with E-state index in [2.05, 4.69) is 4.18 Å². The Morgan fingerprint density at radius 1 is 1.60 bits per heavy atom. The van der Waals surface area contributed by atoms with E-state index in [4.69, 9.17) is 16.3 Å². The second kappa shape index (κ2) is 4.16. The van der Waals surface area contributed by atoms with E-state index in [0.717, 1.165) is 6.26 Å². The lowest BCUT2D eigenvalue weighted by atomic mass is 10.00. The van der Waals surface area contributed by atoms with Gasteiger partial charge in [0.1, 0.15) is 0 Å². The Morgan fingerprint density at radius 3 is 2.47 bits per heavy atom. The zero-order valence-electron chi connectivity index (χ0n) is 8.74. The molecule has 4 atom stereocenters. The zero-order chi connectivity index (χ0) is 11.9. The minimum Gasteiger partial charge on any atom is -0.344 e. The van der Waals surface area contributed by atoms with Crippen LogP contribution < -0.4 is 0 Å². The number of halogens is 2. The molecule has 90 valence electrons. The van der Waals surface area contributed by atoms with Crippen molar-refractivity contribution in [1.82, 2.24) is 0 Å². The van der Waals surface area contributed by atoms with E-state index in [1.807, 2.05) is 0 Å². The Balaban J connectivity index is 2.84. The molecular weight excluding hydrogens is 247 g/mol. The molecule has 4 nitrogen and oxygen atoms in total. The van der Waals surface area contributed by atoms with Gasteiger partial charge < -0.3 is 4.74 Å². The van der Waals surface area contributed by atoms with Gasteiger partial charge >= 0.3 is 0 Å². The topological polar surface area (TPSA) is 52.6 Å². The molecule has 0 saturated carbocycles. The van der Waals surface area contributed by atoms with Gasteiger partial charge in [0, 0.05) is 5.92 Å². The van der Waals surface area contributed by atoms with Crippen molar-refractivity contribution in [3.05, 3.63) is 0 Å². The van der Waals surface area contributed by atoms with Crippen LogP contribution in [0, 0.1) is 5.92 Å². The van der Waals surface area contributed by atoms with Crippen LogP contribution in [0.15, 0.2) is 0 Å². The molecule has 0 radical (unpaired) electrons. The molecule has 1 rings (SSSR count). The van der Waals surface area contributed by atoms with E-state index in [1.165, 1.54) is 0 Å². The number of alkyl halides is 2. The minimum atomic E-state index is -3.78. The highest BCUT2D eigenvalue weighted by atomic mass is 35.5. The van der Waals surface area contributed by atoms with Gasteiger partial charge in [-0.05, 0) is 6.42 Å². The lowest BCUT2D eigenvalue weighted by molar-refractivity contribution is -0.0998. The van der Waals surface area contributed by atoms with E-state index in [9.17, 15) is 12.8 Å². The normalized spacial score (nSPS) is 42.1. The van der Waals surface area contributed by atoms with Gasteiger partial charge in [0.25, 0.3) is 10.1 Å². The van der Waals surface area contributed by atoms with Gasteiger partial charge in [0.15, 0.2) is 0 Å². The van der Waals surface area contributed by atoms with Crippen molar-refractivity contribution in [2.75, 3.05) is 6.26 Å². The highest BCUT2D eigenvalue weighted by molar-refractivity contribution is 7.86. The summed E-state index contributed by atoms with van der Waals surface area (Å²) in [6, 6.07) is 0. The van der Waals surface area contributed by atoms with E-state index in [-0.39, 0.29) is 0 Å². The Labute approximate surface area is 93.8 Å². The molecule has 0 aliphatic carbocycles. The maximum absolute atomic E-state index is 13.9. The van der Waals surface area contributed by atoms with Gasteiger partial charge in [-0.3, -0.25) is 0 Å². The standard InChI is InChI=1S/C8H14ClFO4S/c1-4-6-5(2)8(9,10)7(13-6)14-15(3,11)12/h5-7H,4H2,1-3H3/t5-,6-,7+,8-/m1/s1. The van der Waals surface area contributed by atoms with Crippen molar-refractivity contribution >= 4 is 21.7 Å². The summed E-state index contributed by atoms with van der Waals surface area (Å²) in [5.74, 6) is -0.615. The summed E-state index contributed by atoms with van der Waals surface area (Å²) >= 11 is 5.58. The Bertz CT molecular complexity index is 330. The summed E-state index contributed by atoms with van der Waals surface area (Å²) in [6.45, 7) is 3.36. The summed E-state index contributed by atoms with van der Waals surface area (Å²) in [4.78, 5) is 0. The molecule has 7 heteroatoms. The van der Waals surface area contributed by atoms with Crippen LogP contribution in [0.2, 0.25) is 0 Å². The quantitative estimate of drug-likeness (QED) is 0.572. The Morgan fingerprint density at radius 2 is 2.13 bits per heavy atom. The first-order chi connectivity index (χ1) is 6.68. The van der Waals surface area contributed by atoms with Crippen LogP contribution in [-0.4, -0.2) is 32.2 Å². The third-order valence-electron chi connectivity index (χ3n) is 2.44. The molecule has 1 fully saturated rings. The average Bonchev–Trinajstić information content (AvgIpc) is 2.26. The summed E-state index contributed by atoms with van der Waals surface area (Å²) in [5, 5.41) is -2.30. The lowest BCUT2D eigenvalue weighted by Crippen LogP contribution is -2.35. The Kier molecular flexibility index (Phi) is 3.65. The number of ether oxygens (including phenoxy) is 1. The third kappa shape index (κ3) is 2.81. The molecule has 0 aromatic rings. The summed E-state index contributed by atoms with van der Waals surface area (Å²) in [6.07, 6.45) is -0.621. The van der Waals surface area contributed by atoms with Crippen LogP contribution in [0.3, 0.4) is 0 Å². The molecule has 0 bridgehead atoms. The molecule has 0 aromatic carbocycles. The first-order valence-corrected chi connectivity index (χ1v) is 6.79. The number of hydrogen-bond donors (Lipinski definition) is 0. The molecule has 1 heterocycles. The number of rotatable bonds is 3. The van der Waals surface area contributed by atoms with Gasteiger partial charge in [-0.2, -0.15) is 8.42 Å². The fourth-order valence-electron chi connectivity index (χ4n) is 1.53. The number of hydrogen-bond acceptors (Lipinski definition) is 4. The van der Waals surface area contributed by atoms with E-state index in [1.54, 1.807) is 13.8 Å². The van der Waals surface area contributed by atoms with E-state index < -0.39 is 33.6 Å². The molecular formula is C8H14ClFO4S. The molecule has 0 aromatic heterocycles. The van der Waals surface area contributed by atoms with Crippen molar-refractivity contribution < 1.29 is 21.7 Å². The monoisotopic (exact) mass is 260 g/mol. The van der Waals surface area contributed by atoms with E-state index >= 15 is 0 Å². The first kappa shape index (κ1) is 13.2. The molecule has 1 aliphatic heterocycles. The van der Waals surface area contributed by atoms with Crippen LogP contribution in [-0.2, 0) is 19.0 Å². The van der Waals surface area contributed by atoms with Crippen molar-refractivity contribution in [1.29, 1.82) is 0 Å². The molecule has 0 amide bonds. The van der Waals surface area contributed by atoms with Gasteiger partial charge in [0.2, 0.25) is 11.4 Å². The van der Waals surface area contributed by atoms with Crippen molar-refractivity contribution in [2.45, 2.75) is 37.8 Å². The smallest absolute Gasteiger partial charge is 0.267 e. The highest BCUT2D eigenvalue weighted by Gasteiger charge is 2.55. The molecule has 15 heavy (non-hydrogen) atoms.